The summed E-state index contributed by atoms with van der Waals surface area (Å²) in [5.74, 6) is 1.65. The summed E-state index contributed by atoms with van der Waals surface area (Å²) in [5.41, 5.74) is 1.23. The second-order valence-corrected chi connectivity index (χ2v) is 4.76. The minimum atomic E-state index is 0.500. The summed E-state index contributed by atoms with van der Waals surface area (Å²) in [6.07, 6.45) is 0. The van der Waals surface area contributed by atoms with E-state index in [0.717, 1.165) is 18.0 Å². The Labute approximate surface area is 124 Å². The van der Waals surface area contributed by atoms with E-state index in [1.54, 1.807) is 12.1 Å². The summed E-state index contributed by atoms with van der Waals surface area (Å²) in [6.45, 7) is 1.87. The van der Waals surface area contributed by atoms with Gasteiger partial charge in [0.25, 0.3) is 0 Å². The molecular weight excluding hydrogens is 274 g/mol. The van der Waals surface area contributed by atoms with Crippen LogP contribution in [0.2, 0.25) is 5.02 Å². The maximum Gasteiger partial charge on any atom is 0.122 e. The van der Waals surface area contributed by atoms with Gasteiger partial charge in [0.15, 0.2) is 0 Å². The van der Waals surface area contributed by atoms with Crippen LogP contribution in [0.1, 0.15) is 5.56 Å². The van der Waals surface area contributed by atoms with Gasteiger partial charge in [-0.25, -0.2) is 0 Å². The van der Waals surface area contributed by atoms with Crippen LogP contribution in [0.4, 0.5) is 0 Å². The molecule has 20 heavy (non-hydrogen) atoms. The quantitative estimate of drug-likeness (QED) is 0.792. The Balaban J connectivity index is 1.71. The van der Waals surface area contributed by atoms with Crippen molar-refractivity contribution in [1.29, 1.82) is 0 Å². The molecule has 0 aliphatic heterocycles. The summed E-state index contributed by atoms with van der Waals surface area (Å²) in [5, 5.41) is 3.81. The van der Waals surface area contributed by atoms with Crippen molar-refractivity contribution in [2.75, 3.05) is 20.3 Å². The SMILES string of the molecule is CNCc1ccc(OCCOc2ccc(Cl)cc2)cc1. The summed E-state index contributed by atoms with van der Waals surface area (Å²) in [7, 11) is 1.93. The predicted molar refractivity (Wildman–Crippen MR) is 81.6 cm³/mol. The van der Waals surface area contributed by atoms with Crippen molar-refractivity contribution in [1.82, 2.24) is 5.32 Å². The van der Waals surface area contributed by atoms with E-state index in [2.05, 4.69) is 5.32 Å². The van der Waals surface area contributed by atoms with Gasteiger partial charge in [0.2, 0.25) is 0 Å². The monoisotopic (exact) mass is 291 g/mol. The fourth-order valence-corrected chi connectivity index (χ4v) is 1.88. The maximum atomic E-state index is 5.80. The van der Waals surface area contributed by atoms with Gasteiger partial charge in [0, 0.05) is 11.6 Å². The second kappa shape index (κ2) is 7.78. The highest BCUT2D eigenvalue weighted by atomic mass is 35.5. The van der Waals surface area contributed by atoms with Gasteiger partial charge in [0.1, 0.15) is 24.7 Å². The molecule has 4 heteroatoms. The summed E-state index contributed by atoms with van der Waals surface area (Å²) >= 11 is 5.80. The van der Waals surface area contributed by atoms with E-state index in [0.29, 0.717) is 18.2 Å². The molecule has 0 aliphatic rings. The van der Waals surface area contributed by atoms with Crippen molar-refractivity contribution in [3.05, 3.63) is 59.1 Å². The Kier molecular flexibility index (Phi) is 5.71. The van der Waals surface area contributed by atoms with E-state index in [-0.39, 0.29) is 0 Å². The Hall–Kier alpha value is -1.71. The molecule has 0 amide bonds. The molecule has 0 saturated carbocycles. The average molecular weight is 292 g/mol. The maximum absolute atomic E-state index is 5.80. The molecule has 0 radical (unpaired) electrons. The zero-order valence-corrected chi connectivity index (χ0v) is 12.2. The van der Waals surface area contributed by atoms with Crippen LogP contribution in [-0.2, 0) is 6.54 Å². The molecule has 0 bridgehead atoms. The van der Waals surface area contributed by atoms with Crippen molar-refractivity contribution in [3.8, 4) is 11.5 Å². The minimum absolute atomic E-state index is 0.500. The molecule has 0 saturated heterocycles. The van der Waals surface area contributed by atoms with E-state index in [1.807, 2.05) is 43.4 Å². The van der Waals surface area contributed by atoms with Crippen LogP contribution in [0.5, 0.6) is 11.5 Å². The zero-order valence-electron chi connectivity index (χ0n) is 11.4. The summed E-state index contributed by atoms with van der Waals surface area (Å²) < 4.78 is 11.2. The van der Waals surface area contributed by atoms with Crippen LogP contribution in [-0.4, -0.2) is 20.3 Å². The number of ether oxygens (including phenoxy) is 2. The Morgan fingerprint density at radius 3 is 1.85 bits per heavy atom. The number of hydrogen-bond donors (Lipinski definition) is 1. The summed E-state index contributed by atoms with van der Waals surface area (Å²) in [6, 6.07) is 15.3. The molecule has 2 aromatic carbocycles. The third-order valence-corrected chi connectivity index (χ3v) is 2.99. The highest BCUT2D eigenvalue weighted by molar-refractivity contribution is 6.30. The van der Waals surface area contributed by atoms with Crippen molar-refractivity contribution in [2.24, 2.45) is 0 Å². The molecule has 2 aromatic rings. The number of halogens is 1. The molecule has 0 unspecified atom stereocenters. The first-order chi connectivity index (χ1) is 9.78. The molecule has 0 atom stereocenters. The number of benzene rings is 2. The van der Waals surface area contributed by atoms with Crippen LogP contribution in [0, 0.1) is 0 Å². The van der Waals surface area contributed by atoms with E-state index in [9.17, 15) is 0 Å². The van der Waals surface area contributed by atoms with Gasteiger partial charge in [-0.3, -0.25) is 0 Å². The van der Waals surface area contributed by atoms with E-state index < -0.39 is 0 Å². The molecule has 0 aliphatic carbocycles. The Morgan fingerprint density at radius 2 is 1.35 bits per heavy atom. The second-order valence-electron chi connectivity index (χ2n) is 4.33. The average Bonchev–Trinajstić information content (AvgIpc) is 2.47. The minimum Gasteiger partial charge on any atom is -0.490 e. The largest absolute Gasteiger partial charge is 0.490 e. The molecule has 106 valence electrons. The summed E-state index contributed by atoms with van der Waals surface area (Å²) in [4.78, 5) is 0. The fraction of sp³-hybridized carbons (Fsp3) is 0.250. The van der Waals surface area contributed by atoms with Crippen molar-refractivity contribution in [3.63, 3.8) is 0 Å². The van der Waals surface area contributed by atoms with Gasteiger partial charge in [-0.1, -0.05) is 23.7 Å². The number of nitrogens with one attached hydrogen (secondary N) is 1. The fourth-order valence-electron chi connectivity index (χ4n) is 1.76. The first-order valence-corrected chi connectivity index (χ1v) is 6.90. The van der Waals surface area contributed by atoms with E-state index in [4.69, 9.17) is 21.1 Å². The number of rotatable bonds is 7. The zero-order chi connectivity index (χ0) is 14.2. The molecule has 2 rings (SSSR count). The van der Waals surface area contributed by atoms with Crippen LogP contribution in [0.3, 0.4) is 0 Å². The smallest absolute Gasteiger partial charge is 0.122 e. The standard InChI is InChI=1S/C16H18ClNO2/c1-18-12-13-2-6-15(7-3-13)19-10-11-20-16-8-4-14(17)5-9-16/h2-9,18H,10-12H2,1H3. The number of hydrogen-bond acceptors (Lipinski definition) is 3. The highest BCUT2D eigenvalue weighted by Crippen LogP contribution is 2.16. The molecule has 0 spiro atoms. The van der Waals surface area contributed by atoms with Crippen molar-refractivity contribution in [2.45, 2.75) is 6.54 Å². The third-order valence-electron chi connectivity index (χ3n) is 2.74. The van der Waals surface area contributed by atoms with Gasteiger partial charge in [-0.15, -0.1) is 0 Å². The normalized spacial score (nSPS) is 10.3. The lowest BCUT2D eigenvalue weighted by Gasteiger charge is -2.09. The van der Waals surface area contributed by atoms with Crippen LogP contribution in [0.15, 0.2) is 48.5 Å². The molecule has 0 fully saturated rings. The van der Waals surface area contributed by atoms with Gasteiger partial charge >= 0.3 is 0 Å². The molecular formula is C16H18ClNO2. The highest BCUT2D eigenvalue weighted by Gasteiger charge is 1.97. The predicted octanol–water partition coefficient (Wildman–Crippen LogP) is 3.52. The lowest BCUT2D eigenvalue weighted by molar-refractivity contribution is 0.217. The van der Waals surface area contributed by atoms with E-state index in [1.165, 1.54) is 5.56 Å². The van der Waals surface area contributed by atoms with E-state index >= 15 is 0 Å². The Morgan fingerprint density at radius 1 is 0.850 bits per heavy atom. The Bertz CT molecular complexity index is 511. The lowest BCUT2D eigenvalue weighted by Crippen LogP contribution is -2.09. The van der Waals surface area contributed by atoms with Crippen molar-refractivity contribution >= 4 is 11.6 Å². The molecule has 0 aromatic heterocycles. The van der Waals surface area contributed by atoms with Gasteiger partial charge in [-0.05, 0) is 49.0 Å². The first-order valence-electron chi connectivity index (χ1n) is 6.52. The lowest BCUT2D eigenvalue weighted by atomic mass is 10.2. The molecule has 0 heterocycles. The van der Waals surface area contributed by atoms with Crippen LogP contribution < -0.4 is 14.8 Å². The topological polar surface area (TPSA) is 30.5 Å². The first kappa shape index (κ1) is 14.7. The van der Waals surface area contributed by atoms with Crippen molar-refractivity contribution < 1.29 is 9.47 Å². The van der Waals surface area contributed by atoms with Gasteiger partial charge in [0.05, 0.1) is 0 Å². The molecule has 1 N–H and O–H groups in total. The van der Waals surface area contributed by atoms with Gasteiger partial charge < -0.3 is 14.8 Å². The molecule has 3 nitrogen and oxygen atoms in total. The van der Waals surface area contributed by atoms with Gasteiger partial charge in [-0.2, -0.15) is 0 Å². The third kappa shape index (κ3) is 4.76. The van der Waals surface area contributed by atoms with Crippen LogP contribution in [0.25, 0.3) is 0 Å². The van der Waals surface area contributed by atoms with Crippen LogP contribution >= 0.6 is 11.6 Å².